The molecule has 1 aliphatic carbocycles. The molecule has 1 aromatic rings. The first kappa shape index (κ1) is 12.1. The molecule has 1 aliphatic rings. The van der Waals surface area contributed by atoms with Crippen LogP contribution in [0.25, 0.3) is 0 Å². The number of aryl methyl sites for hydroxylation is 1. The van der Waals surface area contributed by atoms with Gasteiger partial charge in [0.2, 0.25) is 5.91 Å². The number of aromatic nitrogens is 2. The van der Waals surface area contributed by atoms with E-state index in [9.17, 15) is 4.79 Å². The highest BCUT2D eigenvalue weighted by atomic mass is 16.2. The minimum atomic E-state index is -0.618. The van der Waals surface area contributed by atoms with Gasteiger partial charge < -0.3 is 11.1 Å². The molecule has 0 saturated heterocycles. The lowest BCUT2D eigenvalue weighted by Crippen LogP contribution is -2.55. The molecule has 17 heavy (non-hydrogen) atoms. The molecule has 1 fully saturated rings. The van der Waals surface area contributed by atoms with Crippen molar-refractivity contribution in [3.05, 3.63) is 18.0 Å². The molecule has 1 unspecified atom stereocenters. The summed E-state index contributed by atoms with van der Waals surface area (Å²) in [6, 6.07) is -0.618. The Morgan fingerprint density at radius 2 is 2.41 bits per heavy atom. The van der Waals surface area contributed by atoms with Crippen molar-refractivity contribution in [2.24, 2.45) is 12.8 Å². The number of carbonyl (C=O) groups excluding carboxylic acids is 1. The Bertz CT molecular complexity index is 403. The summed E-state index contributed by atoms with van der Waals surface area (Å²) in [5.74, 6) is -0.0976. The fourth-order valence-electron chi connectivity index (χ4n) is 2.26. The van der Waals surface area contributed by atoms with Gasteiger partial charge in [-0.25, -0.2) is 0 Å². The lowest BCUT2D eigenvalue weighted by Gasteiger charge is -2.42. The van der Waals surface area contributed by atoms with Crippen molar-refractivity contribution >= 4 is 5.91 Å². The van der Waals surface area contributed by atoms with Crippen molar-refractivity contribution in [1.29, 1.82) is 0 Å². The van der Waals surface area contributed by atoms with Crippen LogP contribution < -0.4 is 11.1 Å². The summed E-state index contributed by atoms with van der Waals surface area (Å²) >= 11 is 0. The fourth-order valence-corrected chi connectivity index (χ4v) is 2.26. The van der Waals surface area contributed by atoms with Crippen LogP contribution in [-0.2, 0) is 11.8 Å². The van der Waals surface area contributed by atoms with Gasteiger partial charge in [0.15, 0.2) is 0 Å². The number of carbonyl (C=O) groups is 1. The highest BCUT2D eigenvalue weighted by molar-refractivity contribution is 5.83. The Kier molecular flexibility index (Phi) is 3.19. The number of nitrogens with zero attached hydrogens (tertiary/aromatic N) is 2. The lowest BCUT2D eigenvalue weighted by molar-refractivity contribution is -0.125. The molecular formula is C12H20N4O. The topological polar surface area (TPSA) is 72.9 Å². The SMILES string of the molecule is CCC1(NC(=O)C(N)c2cnn(C)c2)CCC1. The first-order chi connectivity index (χ1) is 8.06. The molecule has 94 valence electrons. The molecule has 1 atom stereocenters. The van der Waals surface area contributed by atoms with Gasteiger partial charge in [0.05, 0.1) is 6.20 Å². The van der Waals surface area contributed by atoms with Crippen molar-refractivity contribution in [3.8, 4) is 0 Å². The average molecular weight is 236 g/mol. The zero-order chi connectivity index (χ0) is 12.5. The van der Waals surface area contributed by atoms with Gasteiger partial charge in [-0.05, 0) is 25.7 Å². The molecule has 0 bridgehead atoms. The maximum atomic E-state index is 12.0. The zero-order valence-electron chi connectivity index (χ0n) is 10.4. The number of nitrogens with two attached hydrogens (primary N) is 1. The second-order valence-electron chi connectivity index (χ2n) is 4.90. The third kappa shape index (κ3) is 2.34. The first-order valence-corrected chi connectivity index (χ1v) is 6.12. The molecule has 5 nitrogen and oxygen atoms in total. The highest BCUT2D eigenvalue weighted by Gasteiger charge is 2.37. The largest absolute Gasteiger partial charge is 0.349 e. The van der Waals surface area contributed by atoms with Gasteiger partial charge in [0, 0.05) is 24.3 Å². The van der Waals surface area contributed by atoms with Crippen molar-refractivity contribution in [2.45, 2.75) is 44.2 Å². The number of hydrogen-bond acceptors (Lipinski definition) is 3. The molecular weight excluding hydrogens is 216 g/mol. The van der Waals surface area contributed by atoms with E-state index in [4.69, 9.17) is 5.73 Å². The number of nitrogens with one attached hydrogen (secondary N) is 1. The number of amides is 1. The second-order valence-corrected chi connectivity index (χ2v) is 4.90. The van der Waals surface area contributed by atoms with Crippen molar-refractivity contribution < 1.29 is 4.79 Å². The molecule has 0 radical (unpaired) electrons. The van der Waals surface area contributed by atoms with Gasteiger partial charge in [-0.1, -0.05) is 6.92 Å². The Balaban J connectivity index is 2.00. The van der Waals surface area contributed by atoms with Crippen LogP contribution in [0.5, 0.6) is 0 Å². The van der Waals surface area contributed by atoms with E-state index in [-0.39, 0.29) is 11.4 Å². The minimum absolute atomic E-state index is 0.00306. The van der Waals surface area contributed by atoms with E-state index in [2.05, 4.69) is 17.3 Å². The van der Waals surface area contributed by atoms with Crippen molar-refractivity contribution in [2.75, 3.05) is 0 Å². The van der Waals surface area contributed by atoms with Crippen LogP contribution in [0.1, 0.15) is 44.2 Å². The van der Waals surface area contributed by atoms with Crippen LogP contribution in [0, 0.1) is 0 Å². The summed E-state index contributed by atoms with van der Waals surface area (Å²) in [7, 11) is 1.81. The smallest absolute Gasteiger partial charge is 0.242 e. The Labute approximate surface area is 101 Å². The van der Waals surface area contributed by atoms with E-state index in [1.165, 1.54) is 6.42 Å². The van der Waals surface area contributed by atoms with Crippen molar-refractivity contribution in [1.82, 2.24) is 15.1 Å². The molecule has 3 N–H and O–H groups in total. The second kappa shape index (κ2) is 4.49. The molecule has 0 aliphatic heterocycles. The molecule has 0 spiro atoms. The lowest BCUT2D eigenvalue weighted by atomic mass is 9.74. The van der Waals surface area contributed by atoms with Crippen LogP contribution in [0.15, 0.2) is 12.4 Å². The van der Waals surface area contributed by atoms with Crippen LogP contribution in [-0.4, -0.2) is 21.2 Å². The Hall–Kier alpha value is -1.36. The molecule has 2 rings (SSSR count). The summed E-state index contributed by atoms with van der Waals surface area (Å²) in [4.78, 5) is 12.0. The summed E-state index contributed by atoms with van der Waals surface area (Å²) in [5, 5.41) is 7.11. The van der Waals surface area contributed by atoms with Gasteiger partial charge in [0.1, 0.15) is 6.04 Å². The maximum absolute atomic E-state index is 12.0. The quantitative estimate of drug-likeness (QED) is 0.814. The first-order valence-electron chi connectivity index (χ1n) is 6.12. The highest BCUT2D eigenvalue weighted by Crippen LogP contribution is 2.34. The standard InChI is InChI=1S/C12H20N4O/c1-3-12(5-4-6-12)15-11(17)10(13)9-7-14-16(2)8-9/h7-8,10H,3-6,13H2,1-2H3,(H,15,17). The van der Waals surface area contributed by atoms with Crippen LogP contribution in [0.2, 0.25) is 0 Å². The number of hydrogen-bond donors (Lipinski definition) is 2. The van der Waals surface area contributed by atoms with Gasteiger partial charge in [0.25, 0.3) is 0 Å². The normalized spacial score (nSPS) is 19.5. The predicted molar refractivity (Wildman–Crippen MR) is 65.2 cm³/mol. The van der Waals surface area contributed by atoms with E-state index < -0.39 is 6.04 Å². The third-order valence-electron chi connectivity index (χ3n) is 3.74. The van der Waals surface area contributed by atoms with Gasteiger partial charge in [-0.2, -0.15) is 5.10 Å². The summed E-state index contributed by atoms with van der Waals surface area (Å²) in [5.41, 5.74) is 6.68. The van der Waals surface area contributed by atoms with Crippen LogP contribution >= 0.6 is 0 Å². The van der Waals surface area contributed by atoms with E-state index in [0.717, 1.165) is 24.8 Å². The van der Waals surface area contributed by atoms with Gasteiger partial charge in [-0.3, -0.25) is 9.48 Å². The third-order valence-corrected chi connectivity index (χ3v) is 3.74. The summed E-state index contributed by atoms with van der Waals surface area (Å²) in [6.07, 6.45) is 7.71. The monoisotopic (exact) mass is 236 g/mol. The summed E-state index contributed by atoms with van der Waals surface area (Å²) in [6.45, 7) is 2.11. The molecule has 1 saturated carbocycles. The predicted octanol–water partition coefficient (Wildman–Crippen LogP) is 0.869. The van der Waals surface area contributed by atoms with Crippen LogP contribution in [0.3, 0.4) is 0 Å². The molecule has 0 aromatic carbocycles. The minimum Gasteiger partial charge on any atom is -0.349 e. The van der Waals surface area contributed by atoms with Crippen LogP contribution in [0.4, 0.5) is 0 Å². The van der Waals surface area contributed by atoms with E-state index in [1.807, 2.05) is 7.05 Å². The molecule has 5 heteroatoms. The van der Waals surface area contributed by atoms with Gasteiger partial charge >= 0.3 is 0 Å². The Morgan fingerprint density at radius 3 is 2.82 bits per heavy atom. The Morgan fingerprint density at radius 1 is 1.71 bits per heavy atom. The van der Waals surface area contributed by atoms with E-state index in [1.54, 1.807) is 17.1 Å². The average Bonchev–Trinajstić information content (AvgIpc) is 2.69. The fraction of sp³-hybridized carbons (Fsp3) is 0.667. The molecule has 1 heterocycles. The zero-order valence-corrected chi connectivity index (χ0v) is 10.4. The van der Waals surface area contributed by atoms with Gasteiger partial charge in [-0.15, -0.1) is 0 Å². The maximum Gasteiger partial charge on any atom is 0.242 e. The van der Waals surface area contributed by atoms with E-state index in [0.29, 0.717) is 0 Å². The molecule has 1 aromatic heterocycles. The van der Waals surface area contributed by atoms with Crippen molar-refractivity contribution in [3.63, 3.8) is 0 Å². The van der Waals surface area contributed by atoms with E-state index >= 15 is 0 Å². The number of rotatable bonds is 4. The summed E-state index contributed by atoms with van der Waals surface area (Å²) < 4.78 is 1.65. The molecule has 1 amide bonds.